The molecule has 294 valence electrons. The molecule has 0 aromatic heterocycles. The Morgan fingerprint density at radius 1 is 0.608 bits per heavy atom. The number of carboxylic acid groups (broad SMARTS) is 3. The maximum atomic E-state index is 13.4. The first-order valence-corrected chi connectivity index (χ1v) is 17.5. The van der Waals surface area contributed by atoms with Gasteiger partial charge < -0.3 is 45.5 Å². The summed E-state index contributed by atoms with van der Waals surface area (Å²) in [6, 6.07) is -1.02. The van der Waals surface area contributed by atoms with Crippen molar-refractivity contribution < 1.29 is 58.3 Å². The van der Waals surface area contributed by atoms with E-state index in [1.54, 1.807) is 19.6 Å². The fourth-order valence-corrected chi connectivity index (χ4v) is 5.13. The minimum Gasteiger partial charge on any atom is -0.480 e. The van der Waals surface area contributed by atoms with Gasteiger partial charge in [-0.2, -0.15) is 0 Å². The monoisotopic (exact) mass is 733 g/mol. The summed E-state index contributed by atoms with van der Waals surface area (Å²) in [6.45, 7) is 5.79. The third kappa shape index (κ3) is 24.4. The average Bonchev–Trinajstić information content (AvgIpc) is 3.06. The molecule has 1 aliphatic rings. The Bertz CT molecular complexity index is 1020. The molecule has 19 heteroatoms. The van der Waals surface area contributed by atoms with Crippen molar-refractivity contribution in [2.24, 2.45) is 0 Å². The van der Waals surface area contributed by atoms with E-state index in [9.17, 15) is 44.1 Å². The lowest BCUT2D eigenvalue weighted by molar-refractivity contribution is -0.140. The van der Waals surface area contributed by atoms with Crippen molar-refractivity contribution in [1.82, 2.24) is 35.6 Å². The van der Waals surface area contributed by atoms with Gasteiger partial charge in [0, 0.05) is 92.2 Å². The molecule has 6 N–H and O–H groups in total. The van der Waals surface area contributed by atoms with E-state index in [4.69, 9.17) is 14.2 Å². The van der Waals surface area contributed by atoms with Gasteiger partial charge in [-0.3, -0.25) is 48.4 Å². The topological polar surface area (TPSA) is 240 Å². The van der Waals surface area contributed by atoms with Gasteiger partial charge in [0.15, 0.2) is 0 Å². The number of methoxy groups -OCH3 is 1. The zero-order valence-electron chi connectivity index (χ0n) is 30.1. The maximum absolute atomic E-state index is 13.4. The second-order valence-electron chi connectivity index (χ2n) is 12.2. The first kappa shape index (κ1) is 45.6. The van der Waals surface area contributed by atoms with Crippen molar-refractivity contribution in [2.75, 3.05) is 132 Å². The SMILES string of the molecule is CCCOCCOCCCNC(=O)[C@@H](CCC(=O)NCCOC)NC(=O)CN1CCN(CC(=O)O)CCN(CC(=O)O)CCN(CC(=O)O)CC1. The van der Waals surface area contributed by atoms with E-state index in [1.807, 2.05) is 6.92 Å². The van der Waals surface area contributed by atoms with Crippen LogP contribution in [0.1, 0.15) is 32.6 Å². The Balaban J connectivity index is 2.96. The van der Waals surface area contributed by atoms with Crippen molar-refractivity contribution in [3.63, 3.8) is 0 Å². The van der Waals surface area contributed by atoms with Gasteiger partial charge in [0.2, 0.25) is 17.7 Å². The largest absolute Gasteiger partial charge is 0.480 e. The number of nitrogens with zero attached hydrogens (tertiary/aromatic N) is 4. The molecular weight excluding hydrogens is 674 g/mol. The number of hydrogen-bond acceptors (Lipinski definition) is 13. The summed E-state index contributed by atoms with van der Waals surface area (Å²) >= 11 is 0. The Morgan fingerprint density at radius 3 is 1.53 bits per heavy atom. The molecule has 19 nitrogen and oxygen atoms in total. The van der Waals surface area contributed by atoms with Crippen LogP contribution in [0.5, 0.6) is 0 Å². The molecule has 0 saturated carbocycles. The molecule has 0 spiro atoms. The van der Waals surface area contributed by atoms with Crippen molar-refractivity contribution in [3.8, 4) is 0 Å². The molecule has 1 saturated heterocycles. The number of hydrogen-bond donors (Lipinski definition) is 6. The van der Waals surface area contributed by atoms with Gasteiger partial charge in [0.1, 0.15) is 6.04 Å². The van der Waals surface area contributed by atoms with E-state index in [2.05, 4.69) is 16.0 Å². The minimum absolute atomic E-state index is 0.0279. The van der Waals surface area contributed by atoms with Crippen LogP contribution in [0.15, 0.2) is 0 Å². The summed E-state index contributed by atoms with van der Waals surface area (Å²) < 4.78 is 15.8. The van der Waals surface area contributed by atoms with Gasteiger partial charge in [-0.15, -0.1) is 0 Å². The number of carbonyl (C=O) groups excluding carboxylic acids is 3. The van der Waals surface area contributed by atoms with Gasteiger partial charge in [-0.1, -0.05) is 6.92 Å². The van der Waals surface area contributed by atoms with Crippen molar-refractivity contribution >= 4 is 35.6 Å². The van der Waals surface area contributed by atoms with Crippen LogP contribution >= 0.6 is 0 Å². The summed E-state index contributed by atoms with van der Waals surface area (Å²) in [7, 11) is 1.51. The maximum Gasteiger partial charge on any atom is 0.317 e. The number of nitrogens with one attached hydrogen (secondary N) is 3. The number of carboxylic acids is 3. The first-order chi connectivity index (χ1) is 24.4. The highest BCUT2D eigenvalue weighted by Crippen LogP contribution is 2.04. The fourth-order valence-electron chi connectivity index (χ4n) is 5.13. The molecule has 1 heterocycles. The third-order valence-electron chi connectivity index (χ3n) is 7.80. The van der Waals surface area contributed by atoms with Gasteiger partial charge >= 0.3 is 17.9 Å². The second-order valence-corrected chi connectivity index (χ2v) is 12.2. The number of aliphatic carboxylic acids is 3. The molecule has 0 bridgehead atoms. The van der Waals surface area contributed by atoms with E-state index in [-0.39, 0.29) is 104 Å². The van der Waals surface area contributed by atoms with Crippen LogP contribution in [-0.2, 0) is 43.0 Å². The zero-order chi connectivity index (χ0) is 37.9. The van der Waals surface area contributed by atoms with Gasteiger partial charge in [-0.25, -0.2) is 0 Å². The molecular formula is C32H59N7O12. The summed E-state index contributed by atoms with van der Waals surface area (Å²) in [5, 5.41) is 36.5. The lowest BCUT2D eigenvalue weighted by atomic mass is 10.1. The molecule has 0 aliphatic carbocycles. The molecule has 0 radical (unpaired) electrons. The molecule has 1 aliphatic heterocycles. The molecule has 1 rings (SSSR count). The lowest BCUT2D eigenvalue weighted by Crippen LogP contribution is -2.52. The van der Waals surface area contributed by atoms with Gasteiger partial charge in [-0.05, 0) is 19.3 Å². The van der Waals surface area contributed by atoms with Crippen LogP contribution in [-0.4, -0.2) is 208 Å². The van der Waals surface area contributed by atoms with Crippen LogP contribution in [0.25, 0.3) is 0 Å². The van der Waals surface area contributed by atoms with Crippen LogP contribution in [0.2, 0.25) is 0 Å². The van der Waals surface area contributed by atoms with Gasteiger partial charge in [0.05, 0.1) is 46.0 Å². The van der Waals surface area contributed by atoms with E-state index in [0.29, 0.717) is 46.0 Å². The van der Waals surface area contributed by atoms with Crippen LogP contribution in [0.4, 0.5) is 0 Å². The Labute approximate surface area is 299 Å². The van der Waals surface area contributed by atoms with E-state index in [1.165, 1.54) is 7.11 Å². The first-order valence-electron chi connectivity index (χ1n) is 17.5. The third-order valence-corrected chi connectivity index (χ3v) is 7.80. The normalized spacial score (nSPS) is 16.4. The molecule has 3 amide bonds. The van der Waals surface area contributed by atoms with Crippen LogP contribution in [0.3, 0.4) is 0 Å². The van der Waals surface area contributed by atoms with E-state index in [0.717, 1.165) is 6.42 Å². The zero-order valence-corrected chi connectivity index (χ0v) is 30.1. The molecule has 0 unspecified atom stereocenters. The Kier molecular flexibility index (Phi) is 25.2. The van der Waals surface area contributed by atoms with Crippen molar-refractivity contribution in [1.29, 1.82) is 0 Å². The van der Waals surface area contributed by atoms with E-state index >= 15 is 0 Å². The number of ether oxygens (including phenoxy) is 3. The predicted octanol–water partition coefficient (Wildman–Crippen LogP) is -2.56. The highest BCUT2D eigenvalue weighted by molar-refractivity contribution is 5.89. The lowest BCUT2D eigenvalue weighted by Gasteiger charge is -2.33. The molecule has 0 aromatic rings. The van der Waals surface area contributed by atoms with Crippen molar-refractivity contribution in [3.05, 3.63) is 0 Å². The summed E-state index contributed by atoms with van der Waals surface area (Å²) in [5.74, 6) is -4.43. The summed E-state index contributed by atoms with van der Waals surface area (Å²) in [5.41, 5.74) is 0. The quantitative estimate of drug-likeness (QED) is 0.0529. The van der Waals surface area contributed by atoms with E-state index < -0.39 is 35.8 Å². The molecule has 51 heavy (non-hydrogen) atoms. The number of rotatable bonds is 25. The Morgan fingerprint density at radius 2 is 1.08 bits per heavy atom. The molecule has 1 fully saturated rings. The minimum atomic E-state index is -1.06. The predicted molar refractivity (Wildman–Crippen MR) is 184 cm³/mol. The second kappa shape index (κ2) is 28.2. The molecule has 0 aromatic carbocycles. The average molecular weight is 734 g/mol. The molecule has 1 atom stereocenters. The van der Waals surface area contributed by atoms with Crippen LogP contribution < -0.4 is 16.0 Å². The van der Waals surface area contributed by atoms with Crippen molar-refractivity contribution in [2.45, 2.75) is 38.6 Å². The highest BCUT2D eigenvalue weighted by Gasteiger charge is 2.25. The fraction of sp³-hybridized carbons (Fsp3) is 0.812. The van der Waals surface area contributed by atoms with Crippen LogP contribution in [0, 0.1) is 0 Å². The highest BCUT2D eigenvalue weighted by atomic mass is 16.5. The summed E-state index contributed by atoms with van der Waals surface area (Å²) in [4.78, 5) is 80.2. The summed E-state index contributed by atoms with van der Waals surface area (Å²) in [6.07, 6.45) is 1.45. The Hall–Kier alpha value is -3.46. The number of amides is 3. The standard InChI is InChI=1S/C32H59N7O12/c1-3-17-50-20-21-51-18-4-7-34-32(48)26(5-6-27(40)33-8-19-49-2)35-28(41)22-36-9-11-37(23-29(42)43)13-15-39(25-31(46)47)16-14-38(12-10-36)24-30(44)45/h26H,3-25H2,1-2H3,(H,33,40)(H,34,48)(H,35,41)(H,42,43)(H,44,45)(H,46,47)/t26-/m1/s1. The van der Waals surface area contributed by atoms with Gasteiger partial charge in [0.25, 0.3) is 0 Å². The number of carbonyl (C=O) groups is 6. The smallest absolute Gasteiger partial charge is 0.317 e.